The van der Waals surface area contributed by atoms with Crippen LogP contribution >= 0.6 is 0 Å². The first kappa shape index (κ1) is 22.8. The molecule has 6 rings (SSSR count). The van der Waals surface area contributed by atoms with E-state index in [1.807, 2.05) is 0 Å². The van der Waals surface area contributed by atoms with Gasteiger partial charge in [0.05, 0.1) is 13.6 Å². The molecule has 0 N–H and O–H groups in total. The van der Waals surface area contributed by atoms with Gasteiger partial charge < -0.3 is 4.42 Å². The number of aryl methyl sites for hydroxylation is 2. The van der Waals surface area contributed by atoms with Crippen LogP contribution in [0.15, 0.2) is 89.3 Å². The van der Waals surface area contributed by atoms with E-state index in [1.165, 1.54) is 60.4 Å². The Bertz CT molecular complexity index is 1790. The second-order valence-corrected chi connectivity index (χ2v) is 16.1. The van der Waals surface area contributed by atoms with Crippen LogP contribution in [0.3, 0.4) is 0 Å². The molecule has 0 bridgehead atoms. The van der Waals surface area contributed by atoms with Crippen molar-refractivity contribution in [3.05, 3.63) is 96.1 Å². The van der Waals surface area contributed by atoms with Crippen LogP contribution in [0.5, 0.6) is 0 Å². The van der Waals surface area contributed by atoms with Crippen LogP contribution in [0.25, 0.3) is 55.2 Å². The molecule has 0 aliphatic rings. The minimum absolute atomic E-state index is 0.937. The first-order valence-electron chi connectivity index (χ1n) is 12.7. The minimum atomic E-state index is -1.60. The molecule has 2 aromatic heterocycles. The summed E-state index contributed by atoms with van der Waals surface area (Å²) in [6.07, 6.45) is 0. The number of rotatable bonds is 3. The Kier molecular flexibility index (Phi) is 5.17. The predicted octanol–water partition coefficient (Wildman–Crippen LogP) is 8.06. The van der Waals surface area contributed by atoms with E-state index >= 15 is 0 Å². The summed E-state index contributed by atoms with van der Waals surface area (Å²) in [6, 6.07) is 30.7. The molecule has 0 aliphatic carbocycles. The number of hydrogen-bond acceptors (Lipinski definition) is 1. The standard InChI is InChI=1S/C33H32NOSi/c1-21-18-27-25-17-16-24(23-12-8-7-9-13-23)19-30(25)35-33(27)32(22(21)2)29-20-31(36(4,5)6)26-14-10-11-15-28(26)34(29)3/h7-20H,1-6H3/q+1. The number of benzene rings is 4. The molecule has 3 heteroatoms. The van der Waals surface area contributed by atoms with Crippen LogP contribution in [0.2, 0.25) is 19.6 Å². The van der Waals surface area contributed by atoms with Gasteiger partial charge in [-0.15, -0.1) is 0 Å². The summed E-state index contributed by atoms with van der Waals surface area (Å²) < 4.78 is 9.08. The van der Waals surface area contributed by atoms with E-state index in [0.29, 0.717) is 0 Å². The number of nitrogens with zero attached hydrogens (tertiary/aromatic N) is 1. The number of pyridine rings is 1. The van der Waals surface area contributed by atoms with E-state index in [-0.39, 0.29) is 0 Å². The average molecular weight is 487 g/mol. The molecule has 6 aromatic rings. The molecule has 4 aromatic carbocycles. The summed E-state index contributed by atoms with van der Waals surface area (Å²) >= 11 is 0. The van der Waals surface area contributed by atoms with Crippen molar-refractivity contribution in [1.29, 1.82) is 0 Å². The van der Waals surface area contributed by atoms with Gasteiger partial charge in [0, 0.05) is 28.3 Å². The van der Waals surface area contributed by atoms with Crippen molar-refractivity contribution in [2.45, 2.75) is 33.5 Å². The van der Waals surface area contributed by atoms with Gasteiger partial charge in [-0.3, -0.25) is 0 Å². The maximum absolute atomic E-state index is 6.73. The quantitative estimate of drug-likeness (QED) is 0.183. The maximum Gasteiger partial charge on any atom is 0.216 e. The lowest BCUT2D eigenvalue weighted by molar-refractivity contribution is -0.633. The maximum atomic E-state index is 6.73. The lowest BCUT2D eigenvalue weighted by atomic mass is 9.95. The van der Waals surface area contributed by atoms with Crippen LogP contribution < -0.4 is 9.75 Å². The van der Waals surface area contributed by atoms with Gasteiger partial charge >= 0.3 is 0 Å². The molecule has 0 fully saturated rings. The Balaban J connectivity index is 1.70. The molecule has 2 heterocycles. The van der Waals surface area contributed by atoms with E-state index in [9.17, 15) is 0 Å². The fourth-order valence-electron chi connectivity index (χ4n) is 5.55. The van der Waals surface area contributed by atoms with Gasteiger partial charge in [0.1, 0.15) is 18.2 Å². The van der Waals surface area contributed by atoms with Crippen LogP contribution in [0.4, 0.5) is 0 Å². The third kappa shape index (κ3) is 3.49. The van der Waals surface area contributed by atoms with Gasteiger partial charge in [-0.1, -0.05) is 68.2 Å². The highest BCUT2D eigenvalue weighted by Gasteiger charge is 2.29. The highest BCUT2D eigenvalue weighted by atomic mass is 28.3. The van der Waals surface area contributed by atoms with Crippen molar-refractivity contribution in [3.8, 4) is 22.4 Å². The number of para-hydroxylation sites is 1. The van der Waals surface area contributed by atoms with Crippen LogP contribution in [0.1, 0.15) is 11.1 Å². The van der Waals surface area contributed by atoms with Crippen molar-refractivity contribution in [2.75, 3.05) is 0 Å². The van der Waals surface area contributed by atoms with E-state index in [2.05, 4.69) is 130 Å². The number of fused-ring (bicyclic) bond motifs is 4. The van der Waals surface area contributed by atoms with E-state index in [1.54, 1.807) is 0 Å². The van der Waals surface area contributed by atoms with Crippen LogP contribution in [-0.2, 0) is 7.05 Å². The summed E-state index contributed by atoms with van der Waals surface area (Å²) in [6.45, 7) is 11.8. The zero-order valence-electron chi connectivity index (χ0n) is 21.9. The highest BCUT2D eigenvalue weighted by molar-refractivity contribution is 6.90. The summed E-state index contributed by atoms with van der Waals surface area (Å²) in [5.74, 6) is 0. The summed E-state index contributed by atoms with van der Waals surface area (Å²) in [5.41, 5.74) is 10.5. The topological polar surface area (TPSA) is 17.0 Å². The van der Waals surface area contributed by atoms with Gasteiger partial charge in [-0.25, -0.2) is 0 Å². The van der Waals surface area contributed by atoms with Crippen molar-refractivity contribution >= 4 is 46.1 Å². The molecule has 0 spiro atoms. The number of hydrogen-bond donors (Lipinski definition) is 0. The molecular weight excluding hydrogens is 454 g/mol. The van der Waals surface area contributed by atoms with Gasteiger partial charge in [0.15, 0.2) is 0 Å². The molecule has 36 heavy (non-hydrogen) atoms. The minimum Gasteiger partial charge on any atom is -0.455 e. The molecule has 2 nitrogen and oxygen atoms in total. The molecule has 0 aliphatic heterocycles. The molecule has 0 saturated heterocycles. The Labute approximate surface area is 213 Å². The van der Waals surface area contributed by atoms with Gasteiger partial charge in [0.25, 0.3) is 0 Å². The predicted molar refractivity (Wildman–Crippen MR) is 156 cm³/mol. The number of furan rings is 1. The lowest BCUT2D eigenvalue weighted by Gasteiger charge is -2.20. The molecule has 0 amide bonds. The van der Waals surface area contributed by atoms with E-state index in [4.69, 9.17) is 4.42 Å². The fraction of sp³-hybridized carbons (Fsp3) is 0.182. The smallest absolute Gasteiger partial charge is 0.216 e. The number of aromatic nitrogens is 1. The Morgan fingerprint density at radius 3 is 2.17 bits per heavy atom. The SMILES string of the molecule is Cc1cc2c(oc3cc(-c4ccccc4)ccc32)c(-c2cc([Si](C)(C)C)c3ccccc3[n+]2C)c1C. The lowest BCUT2D eigenvalue weighted by Crippen LogP contribution is -2.43. The normalized spacial score (nSPS) is 12.2. The molecule has 178 valence electrons. The van der Waals surface area contributed by atoms with E-state index in [0.717, 1.165) is 11.2 Å². The third-order valence-corrected chi connectivity index (χ3v) is 9.68. The second kappa shape index (κ2) is 8.18. The highest BCUT2D eigenvalue weighted by Crippen LogP contribution is 2.40. The Morgan fingerprint density at radius 2 is 1.42 bits per heavy atom. The monoisotopic (exact) mass is 486 g/mol. The molecule has 0 atom stereocenters. The summed E-state index contributed by atoms with van der Waals surface area (Å²) in [5, 5.41) is 5.21. The fourth-order valence-corrected chi connectivity index (χ4v) is 7.14. The van der Waals surface area contributed by atoms with Crippen LogP contribution in [0, 0.1) is 13.8 Å². The largest absolute Gasteiger partial charge is 0.455 e. The van der Waals surface area contributed by atoms with Crippen molar-refractivity contribution in [2.24, 2.45) is 7.05 Å². The molecular formula is C33H32NOSi+. The summed E-state index contributed by atoms with van der Waals surface area (Å²) in [7, 11) is 0.586. The second-order valence-electron chi connectivity index (χ2n) is 11.0. The average Bonchev–Trinajstić information content (AvgIpc) is 3.22. The van der Waals surface area contributed by atoms with Crippen molar-refractivity contribution in [3.63, 3.8) is 0 Å². The van der Waals surface area contributed by atoms with Gasteiger partial charge in [-0.05, 0) is 65.6 Å². The Morgan fingerprint density at radius 1 is 0.694 bits per heavy atom. The van der Waals surface area contributed by atoms with Crippen molar-refractivity contribution in [1.82, 2.24) is 0 Å². The first-order chi connectivity index (χ1) is 17.2. The Hall–Kier alpha value is -3.69. The van der Waals surface area contributed by atoms with Gasteiger partial charge in [0.2, 0.25) is 11.2 Å². The molecule has 0 saturated carbocycles. The third-order valence-electron chi connectivity index (χ3n) is 7.65. The zero-order chi connectivity index (χ0) is 25.2. The van der Waals surface area contributed by atoms with Crippen LogP contribution in [-0.4, -0.2) is 8.07 Å². The zero-order valence-corrected chi connectivity index (χ0v) is 22.9. The summed E-state index contributed by atoms with van der Waals surface area (Å²) in [4.78, 5) is 0. The molecule has 0 radical (unpaired) electrons. The van der Waals surface area contributed by atoms with Crippen molar-refractivity contribution < 1.29 is 8.98 Å². The first-order valence-corrected chi connectivity index (χ1v) is 16.2. The molecule has 0 unspecified atom stereocenters. The van der Waals surface area contributed by atoms with Gasteiger partial charge in [-0.2, -0.15) is 4.57 Å². The van der Waals surface area contributed by atoms with E-state index < -0.39 is 8.07 Å².